The third-order valence-corrected chi connectivity index (χ3v) is 8.11. The van der Waals surface area contributed by atoms with E-state index in [0.717, 1.165) is 16.2 Å². The molecule has 39 heavy (non-hydrogen) atoms. The third-order valence-electron chi connectivity index (χ3n) is 5.69. The van der Waals surface area contributed by atoms with Crippen LogP contribution < -0.4 is 27.1 Å². The van der Waals surface area contributed by atoms with Gasteiger partial charge in [0.05, 0.1) is 5.69 Å². The van der Waals surface area contributed by atoms with Gasteiger partial charge in [0, 0.05) is 17.4 Å². The fraction of sp³-hybridized carbons (Fsp3) is 0.286. The minimum atomic E-state index is -1.41. The Morgan fingerprint density at radius 3 is 2.64 bits per heavy atom. The number of carboxylic acids is 2. The maximum Gasteiger partial charge on any atom is 0.352 e. The van der Waals surface area contributed by atoms with Crippen molar-refractivity contribution in [1.82, 2.24) is 15.2 Å². The van der Waals surface area contributed by atoms with Crippen LogP contribution in [0.15, 0.2) is 34.9 Å². The first-order chi connectivity index (χ1) is 18.4. The number of hydrogen-bond donors (Lipinski definition) is 6. The summed E-state index contributed by atoms with van der Waals surface area (Å²) in [6.45, 7) is 1.34. The number of thiazole rings is 1. The Bertz CT molecular complexity index is 1450. The van der Waals surface area contributed by atoms with Gasteiger partial charge < -0.3 is 37.6 Å². The lowest BCUT2D eigenvalue weighted by Crippen LogP contribution is -2.71. The summed E-state index contributed by atoms with van der Waals surface area (Å²) < 4.78 is 1.64. The molecule has 4 heterocycles. The number of aliphatic carboxylic acids is 2. The van der Waals surface area contributed by atoms with Crippen molar-refractivity contribution in [2.24, 2.45) is 5.16 Å². The number of halogens is 1. The summed E-state index contributed by atoms with van der Waals surface area (Å²) in [5, 5.41) is 24.4. The molecule has 2 aliphatic rings. The van der Waals surface area contributed by atoms with E-state index in [1.165, 1.54) is 18.7 Å². The number of carbonyl (C=O) groups is 4. The molecule has 3 atom stereocenters. The molecule has 18 heteroatoms. The monoisotopic (exact) mass is 597 g/mol. The summed E-state index contributed by atoms with van der Waals surface area (Å²) in [6, 6.07) is 0.465. The number of nitrogen functional groups attached to an aromatic ring is 3. The van der Waals surface area contributed by atoms with Crippen LogP contribution in [-0.4, -0.2) is 72.8 Å². The summed E-state index contributed by atoms with van der Waals surface area (Å²) in [6.07, 6.45) is 1.79. The van der Waals surface area contributed by atoms with Crippen LogP contribution in [0.3, 0.4) is 0 Å². The Labute approximate surface area is 233 Å². The van der Waals surface area contributed by atoms with Crippen LogP contribution in [0.4, 0.5) is 16.5 Å². The number of carbonyl (C=O) groups excluding carboxylic acids is 2. The number of fused-ring (bicyclic) bond motifs is 1. The lowest BCUT2D eigenvalue weighted by Gasteiger charge is -2.49. The SMILES string of the molecule is C[C@H](ON=C(C(=O)NC1C(=O)N2C(C(=O)O)=C(C[n+]3ccc(N)c(N)c3)CSC12)c1nc(N)sc1Cl)C(=O)O. The first-order valence-corrected chi connectivity index (χ1v) is 13.3. The molecule has 2 unspecified atom stereocenters. The number of amides is 2. The highest BCUT2D eigenvalue weighted by molar-refractivity contribution is 8.00. The number of pyridine rings is 1. The second-order valence-electron chi connectivity index (χ2n) is 8.35. The van der Waals surface area contributed by atoms with Gasteiger partial charge in [0.25, 0.3) is 11.8 Å². The van der Waals surface area contributed by atoms with Gasteiger partial charge in [0.2, 0.25) is 6.10 Å². The first-order valence-electron chi connectivity index (χ1n) is 11.0. The molecule has 2 amide bonds. The zero-order valence-electron chi connectivity index (χ0n) is 20.0. The molecule has 1 saturated heterocycles. The van der Waals surface area contributed by atoms with Gasteiger partial charge in [0.15, 0.2) is 29.8 Å². The van der Waals surface area contributed by atoms with E-state index in [1.807, 2.05) is 0 Å². The molecule has 0 saturated carbocycles. The minimum Gasteiger partial charge on any atom is -0.478 e. The predicted molar refractivity (Wildman–Crippen MR) is 141 cm³/mol. The van der Waals surface area contributed by atoms with E-state index < -0.39 is 47.0 Å². The summed E-state index contributed by atoms with van der Waals surface area (Å²) in [5.74, 6) is -4.01. The van der Waals surface area contributed by atoms with E-state index in [4.69, 9.17) is 38.7 Å². The van der Waals surface area contributed by atoms with Crippen molar-refractivity contribution in [2.45, 2.75) is 31.0 Å². The predicted octanol–water partition coefficient (Wildman–Crippen LogP) is -0.537. The van der Waals surface area contributed by atoms with Crippen LogP contribution in [0, 0.1) is 0 Å². The van der Waals surface area contributed by atoms with Crippen molar-refractivity contribution in [1.29, 1.82) is 0 Å². The van der Waals surface area contributed by atoms with Gasteiger partial charge >= 0.3 is 11.9 Å². The summed E-state index contributed by atoms with van der Waals surface area (Å²) >= 11 is 8.22. The van der Waals surface area contributed by atoms with Crippen molar-refractivity contribution < 1.29 is 38.8 Å². The van der Waals surface area contributed by atoms with Gasteiger partial charge in [-0.3, -0.25) is 14.5 Å². The molecule has 2 aromatic heterocycles. The van der Waals surface area contributed by atoms with E-state index in [9.17, 15) is 24.3 Å². The van der Waals surface area contributed by atoms with Crippen LogP contribution in [0.5, 0.6) is 0 Å². The van der Waals surface area contributed by atoms with E-state index in [1.54, 1.807) is 23.0 Å². The van der Waals surface area contributed by atoms with Crippen molar-refractivity contribution >= 4 is 80.7 Å². The van der Waals surface area contributed by atoms with Crippen molar-refractivity contribution in [3.05, 3.63) is 39.8 Å². The molecule has 0 bridgehead atoms. The zero-order chi connectivity index (χ0) is 28.6. The summed E-state index contributed by atoms with van der Waals surface area (Å²) in [7, 11) is 0. The number of β-lactam (4-membered cyclic amide) rings is 1. The lowest BCUT2D eigenvalue weighted by atomic mass is 10.0. The Balaban J connectivity index is 1.56. The zero-order valence-corrected chi connectivity index (χ0v) is 22.4. The van der Waals surface area contributed by atoms with Gasteiger partial charge in [-0.1, -0.05) is 28.1 Å². The fourth-order valence-electron chi connectivity index (χ4n) is 3.73. The molecular weight excluding hydrogens is 576 g/mol. The topological polar surface area (TPSA) is 240 Å². The van der Waals surface area contributed by atoms with E-state index in [-0.39, 0.29) is 33.2 Å². The van der Waals surface area contributed by atoms with Crippen molar-refractivity contribution in [2.75, 3.05) is 23.0 Å². The maximum absolute atomic E-state index is 13.2. The smallest absolute Gasteiger partial charge is 0.352 e. The van der Waals surface area contributed by atoms with Gasteiger partial charge in [-0.25, -0.2) is 14.6 Å². The van der Waals surface area contributed by atoms with Crippen LogP contribution >= 0.6 is 34.7 Å². The highest BCUT2D eigenvalue weighted by atomic mass is 35.5. The van der Waals surface area contributed by atoms with Gasteiger partial charge in [0.1, 0.15) is 32.8 Å². The third kappa shape index (κ3) is 5.55. The molecular formula is C21H22ClN8O7S2+. The quantitative estimate of drug-likeness (QED) is 0.0924. The molecule has 0 aromatic carbocycles. The molecule has 4 rings (SSSR count). The average Bonchev–Trinajstić information content (AvgIpc) is 3.21. The Morgan fingerprint density at radius 1 is 1.33 bits per heavy atom. The molecule has 0 aliphatic carbocycles. The van der Waals surface area contributed by atoms with Gasteiger partial charge in [-0.2, -0.15) is 4.57 Å². The number of hydrogen-bond acceptors (Lipinski definition) is 12. The van der Waals surface area contributed by atoms with Crippen LogP contribution in [-0.2, 0) is 30.6 Å². The molecule has 9 N–H and O–H groups in total. The van der Waals surface area contributed by atoms with Gasteiger partial charge in [-0.05, 0) is 6.92 Å². The highest BCUT2D eigenvalue weighted by Gasteiger charge is 2.55. The van der Waals surface area contributed by atoms with Crippen LogP contribution in [0.25, 0.3) is 0 Å². The molecule has 0 spiro atoms. The Kier molecular flexibility index (Phi) is 7.84. The number of anilines is 3. The van der Waals surface area contributed by atoms with Crippen molar-refractivity contribution in [3.63, 3.8) is 0 Å². The highest BCUT2D eigenvalue weighted by Crippen LogP contribution is 2.40. The Hall–Kier alpha value is -4.09. The van der Waals surface area contributed by atoms with Crippen LogP contribution in [0.2, 0.25) is 4.34 Å². The second-order valence-corrected chi connectivity index (χ2v) is 11.1. The Morgan fingerprint density at radius 2 is 2.05 bits per heavy atom. The van der Waals surface area contributed by atoms with Gasteiger partial charge in [-0.15, -0.1) is 11.8 Å². The molecule has 2 aliphatic heterocycles. The van der Waals surface area contributed by atoms with E-state index >= 15 is 0 Å². The van der Waals surface area contributed by atoms with Crippen molar-refractivity contribution in [3.8, 4) is 0 Å². The summed E-state index contributed by atoms with van der Waals surface area (Å²) in [4.78, 5) is 59.4. The second kappa shape index (κ2) is 11.0. The number of aromatic nitrogens is 2. The number of thioether (sulfide) groups is 1. The number of oxime groups is 1. The van der Waals surface area contributed by atoms with E-state index in [0.29, 0.717) is 16.9 Å². The lowest BCUT2D eigenvalue weighted by molar-refractivity contribution is -0.688. The standard InChI is InChI=1S/C21H21ClN8O7S2/c1-7(19(33)34)37-28-12(11-15(22)39-21(25)27-11)16(31)26-13-17(32)30-14(20(35)36)8(6-38-18(13)30)4-29-3-2-9(23)10(24)5-29/h2-3,5,7,13,18,23H,4,6,24H2,1H3,(H5,25,26,27,31,33,34,35,36)/p+1/t7-,13?,18?/m0/s1. The number of nitrogens with two attached hydrogens (primary N) is 3. The minimum absolute atomic E-state index is 0.0110. The molecule has 1 fully saturated rings. The van der Waals surface area contributed by atoms with E-state index in [2.05, 4.69) is 15.5 Å². The number of nitrogens with zero attached hydrogens (tertiary/aromatic N) is 4. The maximum atomic E-state index is 13.2. The number of rotatable bonds is 9. The average molecular weight is 598 g/mol. The molecule has 15 nitrogen and oxygen atoms in total. The molecule has 2 aromatic rings. The first kappa shape index (κ1) is 27.9. The van der Waals surface area contributed by atoms with Crippen LogP contribution in [0.1, 0.15) is 12.6 Å². The normalized spacial score (nSPS) is 19.7. The molecule has 206 valence electrons. The largest absolute Gasteiger partial charge is 0.478 e. The number of carboxylic acid groups (broad SMARTS) is 2. The fourth-order valence-corrected chi connectivity index (χ4v) is 6.00. The molecule has 0 radical (unpaired) electrons. The summed E-state index contributed by atoms with van der Waals surface area (Å²) in [5.41, 5.74) is 17.5. The number of nitrogens with one attached hydrogen (secondary N) is 1.